The van der Waals surface area contributed by atoms with Crippen LogP contribution in [0.25, 0.3) is 0 Å². The van der Waals surface area contributed by atoms with Gasteiger partial charge in [0.2, 0.25) is 5.91 Å². The van der Waals surface area contributed by atoms with Crippen LogP contribution in [-0.4, -0.2) is 73.6 Å². The largest absolute Gasteiger partial charge is 0.325 e. The van der Waals surface area contributed by atoms with Gasteiger partial charge in [-0.25, -0.2) is 0 Å². The highest BCUT2D eigenvalue weighted by atomic mass is 79.9. The number of nitrogens with zero attached hydrogens (tertiary/aromatic N) is 3. The van der Waals surface area contributed by atoms with Crippen molar-refractivity contribution in [3.63, 3.8) is 0 Å². The van der Waals surface area contributed by atoms with Crippen LogP contribution in [0, 0.1) is 0 Å². The summed E-state index contributed by atoms with van der Waals surface area (Å²) < 4.78 is 29.8. The van der Waals surface area contributed by atoms with Crippen molar-refractivity contribution in [3.05, 3.63) is 28.7 Å². The Morgan fingerprint density at radius 3 is 2.22 bits per heavy atom. The maximum atomic E-state index is 12.8. The highest BCUT2D eigenvalue weighted by Crippen LogP contribution is 2.18. The third-order valence-electron chi connectivity index (χ3n) is 5.02. The molecule has 0 radical (unpaired) electrons. The van der Waals surface area contributed by atoms with Crippen LogP contribution in [0.5, 0.6) is 0 Å². The Morgan fingerprint density at radius 1 is 0.963 bits per heavy atom. The van der Waals surface area contributed by atoms with E-state index in [2.05, 4.69) is 21.2 Å². The molecule has 0 unspecified atom stereocenters. The minimum atomic E-state index is -3.38. The van der Waals surface area contributed by atoms with E-state index in [1.165, 1.54) is 0 Å². The molecule has 1 amide bonds. The molecule has 0 bridgehead atoms. The number of piperazine rings is 1. The predicted octanol–water partition coefficient (Wildman–Crippen LogP) is 2.13. The lowest BCUT2D eigenvalue weighted by Crippen LogP contribution is -2.54. The number of carbonyl (C=O) groups is 1. The number of carbonyl (C=O) groups excluding carboxylic acids is 1. The van der Waals surface area contributed by atoms with Crippen LogP contribution in [0.2, 0.25) is 0 Å². The van der Waals surface area contributed by atoms with Crippen molar-refractivity contribution >= 4 is 37.7 Å². The zero-order chi connectivity index (χ0) is 19.3. The van der Waals surface area contributed by atoms with Gasteiger partial charge in [0.1, 0.15) is 0 Å². The quantitative estimate of drug-likeness (QED) is 0.733. The lowest BCUT2D eigenvalue weighted by atomic mass is 10.2. The summed E-state index contributed by atoms with van der Waals surface area (Å²) in [6.45, 7) is 3.52. The molecule has 7 nitrogen and oxygen atoms in total. The van der Waals surface area contributed by atoms with Gasteiger partial charge in [-0.05, 0) is 31.0 Å². The van der Waals surface area contributed by atoms with E-state index in [1.54, 1.807) is 8.61 Å². The summed E-state index contributed by atoms with van der Waals surface area (Å²) >= 11 is 3.39. The van der Waals surface area contributed by atoms with Crippen molar-refractivity contribution in [2.24, 2.45) is 0 Å². The van der Waals surface area contributed by atoms with Gasteiger partial charge in [-0.2, -0.15) is 17.0 Å². The van der Waals surface area contributed by atoms with Crippen LogP contribution in [0.1, 0.15) is 25.7 Å². The van der Waals surface area contributed by atoms with Crippen LogP contribution < -0.4 is 5.32 Å². The molecule has 2 saturated heterocycles. The molecule has 9 heteroatoms. The minimum Gasteiger partial charge on any atom is -0.325 e. The van der Waals surface area contributed by atoms with Gasteiger partial charge in [0.15, 0.2) is 0 Å². The lowest BCUT2D eigenvalue weighted by Gasteiger charge is -2.36. The molecule has 2 fully saturated rings. The third-order valence-corrected chi connectivity index (χ3v) is 7.55. The smallest absolute Gasteiger partial charge is 0.282 e. The Hall–Kier alpha value is -1.000. The molecular formula is C18H27BrN4O3S. The summed E-state index contributed by atoms with van der Waals surface area (Å²) in [4.78, 5) is 14.2. The molecule has 0 atom stereocenters. The first-order chi connectivity index (χ1) is 12.9. The number of hydrogen-bond donors (Lipinski definition) is 1. The molecule has 0 saturated carbocycles. The Balaban J connectivity index is 1.48. The number of halogens is 1. The molecule has 150 valence electrons. The summed E-state index contributed by atoms with van der Waals surface area (Å²) in [5.41, 5.74) is 0.747. The van der Waals surface area contributed by atoms with Gasteiger partial charge in [0.25, 0.3) is 10.2 Å². The fourth-order valence-corrected chi connectivity index (χ4v) is 5.59. The fraction of sp³-hybridized carbons (Fsp3) is 0.611. The normalized spacial score (nSPS) is 20.9. The van der Waals surface area contributed by atoms with E-state index in [9.17, 15) is 13.2 Å². The number of benzene rings is 1. The highest BCUT2D eigenvalue weighted by Gasteiger charge is 2.32. The number of anilines is 1. The number of hydrogen-bond acceptors (Lipinski definition) is 4. The van der Waals surface area contributed by atoms with Crippen molar-refractivity contribution in [2.45, 2.75) is 25.7 Å². The zero-order valence-electron chi connectivity index (χ0n) is 15.4. The van der Waals surface area contributed by atoms with Gasteiger partial charge in [-0.15, -0.1) is 0 Å². The first-order valence-corrected chi connectivity index (χ1v) is 11.7. The summed E-state index contributed by atoms with van der Waals surface area (Å²) in [5, 5.41) is 2.88. The Labute approximate surface area is 170 Å². The molecule has 0 spiro atoms. The SMILES string of the molecule is O=C(CN1CCN(S(=O)(=O)N2CCCCCC2)CC1)Nc1cccc(Br)c1. The summed E-state index contributed by atoms with van der Waals surface area (Å²) in [7, 11) is -3.38. The maximum Gasteiger partial charge on any atom is 0.282 e. The number of rotatable bonds is 5. The predicted molar refractivity (Wildman–Crippen MR) is 110 cm³/mol. The summed E-state index contributed by atoms with van der Waals surface area (Å²) in [5.74, 6) is -0.0862. The van der Waals surface area contributed by atoms with Crippen LogP contribution in [0.15, 0.2) is 28.7 Å². The van der Waals surface area contributed by atoms with Gasteiger partial charge < -0.3 is 5.32 Å². The standard InChI is InChI=1S/C18H27BrN4O3S/c19-16-6-5-7-17(14-16)20-18(24)15-21-10-12-23(13-11-21)27(25,26)22-8-3-1-2-4-9-22/h5-7,14H,1-4,8-13,15H2,(H,20,24). The Bertz CT molecular complexity index is 743. The highest BCUT2D eigenvalue weighted by molar-refractivity contribution is 9.10. The van der Waals surface area contributed by atoms with Crippen molar-refractivity contribution in [2.75, 3.05) is 51.1 Å². The maximum absolute atomic E-state index is 12.8. The second-order valence-electron chi connectivity index (χ2n) is 7.05. The molecular weight excluding hydrogens is 432 g/mol. The van der Waals surface area contributed by atoms with Crippen molar-refractivity contribution in [1.29, 1.82) is 0 Å². The Kier molecular flexibility index (Phi) is 7.27. The summed E-state index contributed by atoms with van der Waals surface area (Å²) in [6.07, 6.45) is 4.09. The molecule has 1 N–H and O–H groups in total. The average Bonchev–Trinajstić information content (AvgIpc) is 2.92. The lowest BCUT2D eigenvalue weighted by molar-refractivity contribution is -0.117. The van der Waals surface area contributed by atoms with E-state index >= 15 is 0 Å². The molecule has 27 heavy (non-hydrogen) atoms. The molecule has 2 heterocycles. The second kappa shape index (κ2) is 9.47. The van der Waals surface area contributed by atoms with Crippen molar-refractivity contribution in [3.8, 4) is 0 Å². The van der Waals surface area contributed by atoms with Crippen LogP contribution in [-0.2, 0) is 15.0 Å². The number of nitrogens with one attached hydrogen (secondary N) is 1. The van der Waals surface area contributed by atoms with Crippen LogP contribution in [0.4, 0.5) is 5.69 Å². The number of amides is 1. The van der Waals surface area contributed by atoms with Gasteiger partial charge >= 0.3 is 0 Å². The second-order valence-corrected chi connectivity index (χ2v) is 9.90. The Morgan fingerprint density at radius 2 is 1.59 bits per heavy atom. The van der Waals surface area contributed by atoms with E-state index in [-0.39, 0.29) is 12.5 Å². The van der Waals surface area contributed by atoms with Crippen molar-refractivity contribution in [1.82, 2.24) is 13.5 Å². The van der Waals surface area contributed by atoms with E-state index in [1.807, 2.05) is 29.2 Å². The van der Waals surface area contributed by atoms with E-state index in [4.69, 9.17) is 0 Å². The van der Waals surface area contributed by atoms with Crippen molar-refractivity contribution < 1.29 is 13.2 Å². The minimum absolute atomic E-state index is 0.0862. The van der Waals surface area contributed by atoms with Gasteiger partial charge in [-0.3, -0.25) is 9.69 Å². The van der Waals surface area contributed by atoms with Crippen LogP contribution in [0.3, 0.4) is 0 Å². The van der Waals surface area contributed by atoms with Crippen LogP contribution >= 0.6 is 15.9 Å². The van der Waals surface area contributed by atoms with Gasteiger partial charge in [-0.1, -0.05) is 34.8 Å². The first-order valence-electron chi connectivity index (χ1n) is 9.48. The van der Waals surface area contributed by atoms with E-state index in [0.717, 1.165) is 35.8 Å². The van der Waals surface area contributed by atoms with Gasteiger partial charge in [0.05, 0.1) is 6.54 Å². The molecule has 1 aromatic rings. The fourth-order valence-electron chi connectivity index (χ4n) is 3.52. The molecule has 1 aromatic carbocycles. The molecule has 3 rings (SSSR count). The third kappa shape index (κ3) is 5.74. The molecule has 2 aliphatic rings. The summed E-state index contributed by atoms with van der Waals surface area (Å²) in [6, 6.07) is 7.46. The monoisotopic (exact) mass is 458 g/mol. The molecule has 0 aromatic heterocycles. The van der Waals surface area contributed by atoms with E-state index in [0.29, 0.717) is 39.3 Å². The first kappa shape index (κ1) is 20.7. The molecule has 0 aliphatic carbocycles. The topological polar surface area (TPSA) is 73.0 Å². The van der Waals surface area contributed by atoms with Gasteiger partial charge in [0, 0.05) is 49.4 Å². The van der Waals surface area contributed by atoms with E-state index < -0.39 is 10.2 Å². The molecule has 2 aliphatic heterocycles. The zero-order valence-corrected chi connectivity index (χ0v) is 17.8. The average molecular weight is 459 g/mol.